The molecule has 2 bridgehead atoms. The van der Waals surface area contributed by atoms with E-state index in [4.69, 9.17) is 15.2 Å². The normalized spacial score (nSPS) is 23.0. The van der Waals surface area contributed by atoms with Crippen molar-refractivity contribution in [2.45, 2.75) is 97.3 Å². The predicted octanol–water partition coefficient (Wildman–Crippen LogP) is 6.58. The highest BCUT2D eigenvalue weighted by molar-refractivity contribution is 6.00. The van der Waals surface area contributed by atoms with Crippen molar-refractivity contribution in [2.24, 2.45) is 16.6 Å². The lowest BCUT2D eigenvalue weighted by molar-refractivity contribution is -0.156. The summed E-state index contributed by atoms with van der Waals surface area (Å²) < 4.78 is 10.9. The molecule has 5 rings (SSSR count). The first-order valence-electron chi connectivity index (χ1n) is 16.5. The Hall–Kier alpha value is -4.18. The molecule has 1 atom stereocenters. The van der Waals surface area contributed by atoms with Gasteiger partial charge in [-0.05, 0) is 121 Å². The third-order valence-corrected chi connectivity index (χ3v) is 9.37. The van der Waals surface area contributed by atoms with Gasteiger partial charge in [-0.25, -0.2) is 9.59 Å². The van der Waals surface area contributed by atoms with E-state index in [1.54, 1.807) is 49.9 Å². The van der Waals surface area contributed by atoms with Crippen LogP contribution in [0.1, 0.15) is 97.2 Å². The highest BCUT2D eigenvalue weighted by atomic mass is 16.6. The predicted molar refractivity (Wildman–Crippen MR) is 181 cm³/mol. The van der Waals surface area contributed by atoms with E-state index in [0.29, 0.717) is 56.4 Å². The van der Waals surface area contributed by atoms with Gasteiger partial charge in [0.25, 0.3) is 0 Å². The van der Waals surface area contributed by atoms with Crippen LogP contribution >= 0.6 is 0 Å². The maximum Gasteiger partial charge on any atom is 0.410 e. The zero-order valence-corrected chi connectivity index (χ0v) is 28.4. The number of carbonyl (C=O) groups excluding carboxylic acids is 4. The van der Waals surface area contributed by atoms with Gasteiger partial charge in [-0.15, -0.1) is 0 Å². The molecule has 2 aromatic carbocycles. The van der Waals surface area contributed by atoms with E-state index in [2.05, 4.69) is 16.7 Å². The molecule has 10 nitrogen and oxygen atoms in total. The molecular formula is C37H48N4O6. The molecular weight excluding hydrogens is 596 g/mol. The fourth-order valence-electron chi connectivity index (χ4n) is 6.82. The van der Waals surface area contributed by atoms with Crippen LogP contribution in [0.2, 0.25) is 0 Å². The first kappa shape index (κ1) is 34.2. The topological polar surface area (TPSA) is 140 Å². The van der Waals surface area contributed by atoms with Gasteiger partial charge in [0.05, 0.1) is 10.8 Å². The lowest BCUT2D eigenvalue weighted by Gasteiger charge is -2.29. The van der Waals surface area contributed by atoms with Crippen molar-refractivity contribution < 1.29 is 28.7 Å². The standard InChI is InChI=1S/C37H48N4O6/c1-34(2,3)46-30(42)29(38)26-9-13-28(14-10-26)40-32(44)37-19-17-36(23-37,18-20-37)31(43)39-27-11-7-24(8-12-27)25-15-21-41(22-16-25)33(45)47-35(4,5)6/h7-15,29H,16-23,38H2,1-6H3,(H,39,43)(H,40,44). The summed E-state index contributed by atoms with van der Waals surface area (Å²) in [6.45, 7) is 12.0. The van der Waals surface area contributed by atoms with Crippen molar-refractivity contribution in [3.05, 3.63) is 65.7 Å². The third-order valence-electron chi connectivity index (χ3n) is 9.37. The maximum atomic E-state index is 13.6. The van der Waals surface area contributed by atoms with E-state index in [9.17, 15) is 19.2 Å². The van der Waals surface area contributed by atoms with Crippen LogP contribution in [0.25, 0.3) is 5.57 Å². The van der Waals surface area contributed by atoms with Crippen LogP contribution in [0, 0.1) is 10.8 Å². The Morgan fingerprint density at radius 3 is 1.70 bits per heavy atom. The number of nitrogens with zero attached hydrogens (tertiary/aromatic N) is 1. The van der Waals surface area contributed by atoms with Gasteiger partial charge in [0, 0.05) is 24.5 Å². The van der Waals surface area contributed by atoms with Crippen LogP contribution in [0.4, 0.5) is 16.2 Å². The number of hydrogen-bond donors (Lipinski definition) is 3. The van der Waals surface area contributed by atoms with Crippen molar-refractivity contribution in [2.75, 3.05) is 23.7 Å². The first-order chi connectivity index (χ1) is 22.0. The highest BCUT2D eigenvalue weighted by Crippen LogP contribution is 2.62. The smallest absolute Gasteiger partial charge is 0.410 e. The lowest BCUT2D eigenvalue weighted by Crippen LogP contribution is -2.39. The maximum absolute atomic E-state index is 13.6. The monoisotopic (exact) mass is 644 g/mol. The Bertz CT molecular complexity index is 1540. The zero-order chi connectivity index (χ0) is 34.2. The van der Waals surface area contributed by atoms with Crippen LogP contribution in [-0.4, -0.2) is 53.1 Å². The molecule has 252 valence electrons. The molecule has 4 N–H and O–H groups in total. The average Bonchev–Trinajstić information content (AvgIpc) is 3.60. The molecule has 2 saturated carbocycles. The number of anilines is 2. The van der Waals surface area contributed by atoms with Crippen molar-refractivity contribution in [3.63, 3.8) is 0 Å². The second kappa shape index (κ2) is 12.8. The Morgan fingerprint density at radius 1 is 0.766 bits per heavy atom. The number of esters is 1. The number of ether oxygens (including phenoxy) is 2. The summed E-state index contributed by atoms with van der Waals surface area (Å²) in [6.07, 6.45) is 5.61. The second-order valence-corrected chi connectivity index (χ2v) is 15.3. The number of benzene rings is 2. The minimum absolute atomic E-state index is 0.0391. The summed E-state index contributed by atoms with van der Waals surface area (Å²) in [7, 11) is 0. The second-order valence-electron chi connectivity index (χ2n) is 15.3. The number of hydrogen-bond acceptors (Lipinski definition) is 7. The van der Waals surface area contributed by atoms with Gasteiger partial charge in [-0.3, -0.25) is 9.59 Å². The van der Waals surface area contributed by atoms with Crippen molar-refractivity contribution in [1.82, 2.24) is 4.90 Å². The molecule has 1 heterocycles. The van der Waals surface area contributed by atoms with Gasteiger partial charge in [0.2, 0.25) is 11.8 Å². The summed E-state index contributed by atoms with van der Waals surface area (Å²) >= 11 is 0. The van der Waals surface area contributed by atoms with Gasteiger partial charge in [0.15, 0.2) is 0 Å². The number of rotatable bonds is 7. The Morgan fingerprint density at radius 2 is 1.26 bits per heavy atom. The molecule has 0 aromatic heterocycles. The van der Waals surface area contributed by atoms with E-state index in [0.717, 1.165) is 23.2 Å². The molecule has 3 aliphatic rings. The molecule has 1 unspecified atom stereocenters. The number of nitrogens with one attached hydrogen (secondary N) is 2. The summed E-state index contributed by atoms with van der Waals surface area (Å²) in [5.74, 6) is -0.627. The van der Waals surface area contributed by atoms with Crippen LogP contribution in [0.15, 0.2) is 54.6 Å². The summed E-state index contributed by atoms with van der Waals surface area (Å²) in [6, 6.07) is 13.8. The van der Waals surface area contributed by atoms with E-state index in [1.807, 2.05) is 45.0 Å². The highest BCUT2D eigenvalue weighted by Gasteiger charge is 2.61. The molecule has 10 heteroatoms. The molecule has 2 aliphatic carbocycles. The molecule has 2 aromatic rings. The zero-order valence-electron chi connectivity index (χ0n) is 28.4. The number of amides is 3. The van der Waals surface area contributed by atoms with Gasteiger partial charge in [0.1, 0.15) is 17.2 Å². The fraction of sp³-hybridized carbons (Fsp3) is 0.514. The Kier molecular flexibility index (Phi) is 9.29. The van der Waals surface area contributed by atoms with Gasteiger partial charge < -0.3 is 30.7 Å². The molecule has 3 amide bonds. The molecule has 2 fully saturated rings. The van der Waals surface area contributed by atoms with Crippen LogP contribution in [0.5, 0.6) is 0 Å². The minimum Gasteiger partial charge on any atom is -0.459 e. The summed E-state index contributed by atoms with van der Waals surface area (Å²) in [5, 5.41) is 6.15. The number of fused-ring (bicyclic) bond motifs is 2. The van der Waals surface area contributed by atoms with Gasteiger partial charge in [-0.2, -0.15) is 0 Å². The van der Waals surface area contributed by atoms with Crippen molar-refractivity contribution in [3.8, 4) is 0 Å². The first-order valence-corrected chi connectivity index (χ1v) is 16.5. The largest absolute Gasteiger partial charge is 0.459 e. The molecule has 0 saturated heterocycles. The quantitative estimate of drug-likeness (QED) is 0.289. The molecule has 0 spiro atoms. The number of carbonyl (C=O) groups is 4. The number of nitrogens with two attached hydrogens (primary N) is 1. The van der Waals surface area contributed by atoms with Crippen molar-refractivity contribution in [1.29, 1.82) is 0 Å². The summed E-state index contributed by atoms with van der Waals surface area (Å²) in [4.78, 5) is 53.6. The third kappa shape index (κ3) is 7.87. The van der Waals surface area contributed by atoms with Gasteiger partial charge in [-0.1, -0.05) is 30.3 Å². The van der Waals surface area contributed by atoms with E-state index >= 15 is 0 Å². The Balaban J connectivity index is 1.14. The molecule has 1 aliphatic heterocycles. The molecule has 47 heavy (non-hydrogen) atoms. The minimum atomic E-state index is -0.918. The summed E-state index contributed by atoms with van der Waals surface area (Å²) in [5.41, 5.74) is 7.92. The SMILES string of the molecule is CC(C)(C)OC(=O)C(N)c1ccc(NC(=O)C23CCC(C(=O)Nc4ccc(C5=CCN(C(=O)OC(C)(C)C)CC5)cc4)(CC2)C3)cc1. The fourth-order valence-corrected chi connectivity index (χ4v) is 6.82. The van der Waals surface area contributed by atoms with E-state index < -0.39 is 34.0 Å². The average molecular weight is 645 g/mol. The van der Waals surface area contributed by atoms with E-state index in [-0.39, 0.29) is 17.9 Å². The van der Waals surface area contributed by atoms with Crippen LogP contribution in [0.3, 0.4) is 0 Å². The van der Waals surface area contributed by atoms with Gasteiger partial charge >= 0.3 is 12.1 Å². The van der Waals surface area contributed by atoms with Crippen molar-refractivity contribution >= 4 is 40.8 Å². The molecule has 0 radical (unpaired) electrons. The Labute approximate surface area is 277 Å². The van der Waals surface area contributed by atoms with E-state index in [1.165, 1.54) is 0 Å². The van der Waals surface area contributed by atoms with Crippen LogP contribution in [-0.2, 0) is 23.9 Å². The van der Waals surface area contributed by atoms with Crippen LogP contribution < -0.4 is 16.4 Å². The lowest BCUT2D eigenvalue weighted by atomic mass is 9.81.